The van der Waals surface area contributed by atoms with Gasteiger partial charge in [0.05, 0.1) is 0 Å². The summed E-state index contributed by atoms with van der Waals surface area (Å²) in [6, 6.07) is 0. The molecule has 16 heavy (non-hydrogen) atoms. The van der Waals surface area contributed by atoms with E-state index in [9.17, 15) is 0 Å². The summed E-state index contributed by atoms with van der Waals surface area (Å²) in [6.07, 6.45) is 7.15. The Morgan fingerprint density at radius 3 is 3.00 bits per heavy atom. The molecule has 3 rings (SSSR count). The molecule has 0 aromatic carbocycles. The predicted molar refractivity (Wildman–Crippen MR) is 79.3 cm³/mol. The Balaban J connectivity index is 1.77. The molecular formula is C13H16INS. The van der Waals surface area contributed by atoms with Gasteiger partial charge in [0.1, 0.15) is 0 Å². The summed E-state index contributed by atoms with van der Waals surface area (Å²) in [6.45, 7) is 7.65. The molecule has 1 aliphatic heterocycles. The summed E-state index contributed by atoms with van der Waals surface area (Å²) in [5.74, 6) is 1.49. The molecule has 0 aromatic rings. The molecule has 0 spiro atoms. The molecule has 3 atom stereocenters. The predicted octanol–water partition coefficient (Wildman–Crippen LogP) is 4.14. The Labute approximate surface area is 115 Å². The van der Waals surface area contributed by atoms with E-state index in [0.717, 1.165) is 9.84 Å². The van der Waals surface area contributed by atoms with Crippen LogP contribution in [-0.4, -0.2) is 14.8 Å². The van der Waals surface area contributed by atoms with E-state index in [4.69, 9.17) is 0 Å². The van der Waals surface area contributed by atoms with Crippen LogP contribution >= 0.6 is 34.5 Å². The van der Waals surface area contributed by atoms with Crippen LogP contribution < -0.4 is 0 Å². The zero-order chi connectivity index (χ0) is 11.3. The molecule has 0 amide bonds. The summed E-state index contributed by atoms with van der Waals surface area (Å²) in [4.78, 5) is 1.34. The molecule has 1 saturated heterocycles. The summed E-state index contributed by atoms with van der Waals surface area (Å²) < 4.78 is 3.39. The number of hydrogen-bond donors (Lipinski definition) is 0. The first-order valence-electron chi connectivity index (χ1n) is 5.81. The van der Waals surface area contributed by atoms with Gasteiger partial charge in [-0.15, -0.1) is 0 Å². The van der Waals surface area contributed by atoms with Gasteiger partial charge in [0, 0.05) is 27.0 Å². The third-order valence-electron chi connectivity index (χ3n) is 3.56. The highest BCUT2D eigenvalue weighted by molar-refractivity contribution is 14.1. The van der Waals surface area contributed by atoms with Gasteiger partial charge in [-0.3, -0.25) is 0 Å². The first kappa shape index (κ1) is 11.2. The number of hydrogen-bond acceptors (Lipinski definition) is 2. The standard InChI is InChI=1S/C13H16INS/c1-8-3-4-13-11(5-8)9(2)16-15(13)7-10-6-12(10)14/h3-4,10-12H,2,5-7H2,1H3/t10?,11?,12-/m1/s1. The summed E-state index contributed by atoms with van der Waals surface area (Å²) in [7, 11) is 0. The van der Waals surface area contributed by atoms with Crippen molar-refractivity contribution in [2.45, 2.75) is 23.7 Å². The maximum atomic E-state index is 4.22. The van der Waals surface area contributed by atoms with Crippen molar-refractivity contribution in [2.75, 3.05) is 6.54 Å². The lowest BCUT2D eigenvalue weighted by molar-refractivity contribution is 0.497. The monoisotopic (exact) mass is 345 g/mol. The zero-order valence-electron chi connectivity index (χ0n) is 9.45. The molecule has 1 heterocycles. The van der Waals surface area contributed by atoms with Crippen LogP contribution in [0, 0.1) is 11.8 Å². The van der Waals surface area contributed by atoms with E-state index in [1.54, 1.807) is 0 Å². The van der Waals surface area contributed by atoms with Gasteiger partial charge in [-0.05, 0) is 43.7 Å². The smallest absolute Gasteiger partial charge is 0.0357 e. The van der Waals surface area contributed by atoms with E-state index in [-0.39, 0.29) is 0 Å². The topological polar surface area (TPSA) is 3.24 Å². The lowest BCUT2D eigenvalue weighted by atomic mass is 9.92. The average molecular weight is 345 g/mol. The van der Waals surface area contributed by atoms with Gasteiger partial charge in [-0.1, -0.05) is 40.8 Å². The lowest BCUT2D eigenvalue weighted by Crippen LogP contribution is -2.18. The minimum atomic E-state index is 0.585. The van der Waals surface area contributed by atoms with Crippen molar-refractivity contribution in [3.05, 3.63) is 34.9 Å². The normalized spacial score (nSPS) is 37.0. The van der Waals surface area contributed by atoms with Crippen molar-refractivity contribution >= 4 is 34.5 Å². The molecule has 2 unspecified atom stereocenters. The van der Waals surface area contributed by atoms with Gasteiger partial charge >= 0.3 is 0 Å². The Bertz CT molecular complexity index is 399. The van der Waals surface area contributed by atoms with Crippen LogP contribution in [-0.2, 0) is 0 Å². The van der Waals surface area contributed by atoms with E-state index in [1.807, 2.05) is 11.9 Å². The average Bonchev–Trinajstić information content (AvgIpc) is 2.84. The fraction of sp³-hybridized carbons (Fsp3) is 0.538. The van der Waals surface area contributed by atoms with Crippen LogP contribution in [0.2, 0.25) is 0 Å². The van der Waals surface area contributed by atoms with Gasteiger partial charge < -0.3 is 4.31 Å². The third kappa shape index (κ3) is 1.96. The number of rotatable bonds is 2. The molecule has 86 valence electrons. The largest absolute Gasteiger partial charge is 0.315 e. The Morgan fingerprint density at radius 2 is 2.31 bits per heavy atom. The number of alkyl halides is 1. The molecule has 0 N–H and O–H groups in total. The molecule has 1 saturated carbocycles. The highest BCUT2D eigenvalue weighted by Gasteiger charge is 2.40. The highest BCUT2D eigenvalue weighted by atomic mass is 127. The van der Waals surface area contributed by atoms with Crippen molar-refractivity contribution in [3.8, 4) is 0 Å². The molecule has 3 heteroatoms. The van der Waals surface area contributed by atoms with Gasteiger partial charge in [0.15, 0.2) is 0 Å². The van der Waals surface area contributed by atoms with Gasteiger partial charge in [-0.2, -0.15) is 0 Å². The molecule has 0 radical (unpaired) electrons. The number of halogens is 1. The minimum Gasteiger partial charge on any atom is -0.315 e. The Hall–Kier alpha value is 0.1000. The van der Waals surface area contributed by atoms with Crippen molar-refractivity contribution in [1.29, 1.82) is 0 Å². The fourth-order valence-electron chi connectivity index (χ4n) is 2.39. The Morgan fingerprint density at radius 1 is 1.56 bits per heavy atom. The van der Waals surface area contributed by atoms with E-state index >= 15 is 0 Å². The van der Waals surface area contributed by atoms with E-state index < -0.39 is 0 Å². The molecule has 3 aliphatic rings. The zero-order valence-corrected chi connectivity index (χ0v) is 12.4. The fourth-order valence-corrected chi connectivity index (χ4v) is 4.44. The van der Waals surface area contributed by atoms with Gasteiger partial charge in [0.25, 0.3) is 0 Å². The van der Waals surface area contributed by atoms with Crippen LogP contribution in [0.4, 0.5) is 0 Å². The molecule has 2 aliphatic carbocycles. The minimum absolute atomic E-state index is 0.585. The molecular weight excluding hydrogens is 329 g/mol. The Kier molecular flexibility index (Phi) is 2.86. The maximum Gasteiger partial charge on any atom is 0.0357 e. The molecule has 2 fully saturated rings. The summed E-state index contributed by atoms with van der Waals surface area (Å²) in [5, 5.41) is 0. The highest BCUT2D eigenvalue weighted by Crippen LogP contribution is 2.50. The lowest BCUT2D eigenvalue weighted by Gasteiger charge is -2.22. The molecule has 0 aromatic heterocycles. The number of nitrogens with zero attached hydrogens (tertiary/aromatic N) is 1. The van der Waals surface area contributed by atoms with E-state index in [2.05, 4.69) is 52.6 Å². The van der Waals surface area contributed by atoms with Crippen molar-refractivity contribution in [2.24, 2.45) is 11.8 Å². The maximum absolute atomic E-state index is 4.22. The second kappa shape index (κ2) is 4.09. The third-order valence-corrected chi connectivity index (χ3v) is 6.19. The van der Waals surface area contributed by atoms with Gasteiger partial charge in [-0.25, -0.2) is 0 Å². The van der Waals surface area contributed by atoms with E-state index in [1.165, 1.54) is 35.6 Å². The second-order valence-electron chi connectivity index (χ2n) is 4.99. The van der Waals surface area contributed by atoms with E-state index in [0.29, 0.717) is 5.92 Å². The van der Waals surface area contributed by atoms with Crippen molar-refractivity contribution < 1.29 is 0 Å². The summed E-state index contributed by atoms with van der Waals surface area (Å²) >= 11 is 4.45. The van der Waals surface area contributed by atoms with Crippen LogP contribution in [0.3, 0.4) is 0 Å². The number of allylic oxidation sites excluding steroid dienone is 4. The number of fused-ring (bicyclic) bond motifs is 1. The van der Waals surface area contributed by atoms with Crippen LogP contribution in [0.1, 0.15) is 19.8 Å². The van der Waals surface area contributed by atoms with Gasteiger partial charge in [0.2, 0.25) is 0 Å². The summed E-state index contributed by atoms with van der Waals surface area (Å²) in [5.41, 5.74) is 2.98. The van der Waals surface area contributed by atoms with Crippen molar-refractivity contribution in [1.82, 2.24) is 4.31 Å². The quantitative estimate of drug-likeness (QED) is 0.420. The molecule has 0 bridgehead atoms. The SMILES string of the molecule is C=C1SN(CC2C[C@H]2I)C2=CC=C(C)CC12. The van der Waals surface area contributed by atoms with Crippen LogP contribution in [0.5, 0.6) is 0 Å². The first-order valence-corrected chi connectivity index (χ1v) is 7.83. The van der Waals surface area contributed by atoms with Crippen molar-refractivity contribution in [3.63, 3.8) is 0 Å². The van der Waals surface area contributed by atoms with Crippen LogP contribution in [0.15, 0.2) is 34.9 Å². The first-order chi connectivity index (χ1) is 7.65. The van der Waals surface area contributed by atoms with Crippen LogP contribution in [0.25, 0.3) is 0 Å². The second-order valence-corrected chi connectivity index (χ2v) is 7.74. The molecule has 1 nitrogen and oxygen atoms in total.